The Labute approximate surface area is 94.3 Å². The third-order valence-electron chi connectivity index (χ3n) is 2.81. The van der Waals surface area contributed by atoms with E-state index >= 15 is 0 Å². The number of thiocarbonyl (C=S) groups is 1. The summed E-state index contributed by atoms with van der Waals surface area (Å²) in [6.07, 6.45) is 2.73. The molecular weight excluding hydrogens is 208 g/mol. The van der Waals surface area contributed by atoms with Crippen molar-refractivity contribution in [2.24, 2.45) is 11.1 Å². The van der Waals surface area contributed by atoms with Crippen LogP contribution in [0.1, 0.15) is 25.8 Å². The predicted octanol–water partition coefficient (Wildman–Crippen LogP) is 1.32. The second-order valence-electron chi connectivity index (χ2n) is 4.55. The number of rotatable bonds is 3. The van der Waals surface area contributed by atoms with Crippen molar-refractivity contribution in [2.75, 3.05) is 5.32 Å². The van der Waals surface area contributed by atoms with Gasteiger partial charge >= 0.3 is 0 Å². The van der Waals surface area contributed by atoms with E-state index in [0.29, 0.717) is 22.3 Å². The molecule has 1 aliphatic carbocycles. The van der Waals surface area contributed by atoms with Crippen LogP contribution in [0.25, 0.3) is 0 Å². The van der Waals surface area contributed by atoms with Gasteiger partial charge in [-0.25, -0.2) is 0 Å². The number of aromatic nitrogens is 2. The molecule has 4 nitrogen and oxygen atoms in total. The van der Waals surface area contributed by atoms with Gasteiger partial charge in [-0.1, -0.05) is 26.1 Å². The maximum atomic E-state index is 5.60. The summed E-state index contributed by atoms with van der Waals surface area (Å²) in [5.74, 6) is 0.695. The van der Waals surface area contributed by atoms with Crippen molar-refractivity contribution < 1.29 is 0 Å². The van der Waals surface area contributed by atoms with Gasteiger partial charge in [0.25, 0.3) is 0 Å². The zero-order valence-electron chi connectivity index (χ0n) is 8.82. The van der Waals surface area contributed by atoms with Crippen molar-refractivity contribution >= 4 is 23.0 Å². The van der Waals surface area contributed by atoms with Crippen LogP contribution in [0.5, 0.6) is 0 Å². The molecule has 1 heterocycles. The maximum absolute atomic E-state index is 5.60. The normalized spacial score (nSPS) is 22.1. The van der Waals surface area contributed by atoms with E-state index in [2.05, 4.69) is 29.4 Å². The highest BCUT2D eigenvalue weighted by atomic mass is 32.1. The molecule has 2 rings (SSSR count). The first kappa shape index (κ1) is 10.3. The molecule has 0 aromatic carbocycles. The molecule has 15 heavy (non-hydrogen) atoms. The van der Waals surface area contributed by atoms with Gasteiger partial charge in [-0.3, -0.25) is 0 Å². The molecule has 3 N–H and O–H groups in total. The molecule has 1 saturated carbocycles. The van der Waals surface area contributed by atoms with Crippen molar-refractivity contribution in [3.63, 3.8) is 0 Å². The Morgan fingerprint density at radius 3 is 2.87 bits per heavy atom. The van der Waals surface area contributed by atoms with Crippen LogP contribution in [0.4, 0.5) is 5.82 Å². The van der Waals surface area contributed by atoms with Gasteiger partial charge in [0.15, 0.2) is 5.82 Å². The predicted molar refractivity (Wildman–Crippen MR) is 63.7 cm³/mol. The second-order valence-corrected chi connectivity index (χ2v) is 4.99. The van der Waals surface area contributed by atoms with Crippen molar-refractivity contribution in [3.8, 4) is 0 Å². The third kappa shape index (κ3) is 2.07. The molecule has 1 aromatic heterocycles. The molecule has 1 aromatic rings. The van der Waals surface area contributed by atoms with Crippen LogP contribution in [-0.2, 0) is 0 Å². The SMILES string of the molecule is CC1(C)CC1Nc1nnccc1C(N)=S. The van der Waals surface area contributed by atoms with Crippen LogP contribution in [0.3, 0.4) is 0 Å². The summed E-state index contributed by atoms with van der Waals surface area (Å²) in [6, 6.07) is 2.23. The minimum atomic E-state index is 0.338. The smallest absolute Gasteiger partial charge is 0.159 e. The Morgan fingerprint density at radius 2 is 2.33 bits per heavy atom. The van der Waals surface area contributed by atoms with Gasteiger partial charge in [0, 0.05) is 6.04 Å². The molecule has 0 spiro atoms. The van der Waals surface area contributed by atoms with Crippen molar-refractivity contribution in [3.05, 3.63) is 17.8 Å². The van der Waals surface area contributed by atoms with E-state index in [1.54, 1.807) is 12.3 Å². The summed E-state index contributed by atoms with van der Waals surface area (Å²) >= 11 is 4.95. The first-order chi connectivity index (χ1) is 7.00. The van der Waals surface area contributed by atoms with E-state index in [-0.39, 0.29) is 0 Å². The zero-order valence-corrected chi connectivity index (χ0v) is 9.64. The monoisotopic (exact) mass is 222 g/mol. The molecule has 0 amide bonds. The Hall–Kier alpha value is -1.23. The Balaban J connectivity index is 2.18. The molecule has 1 unspecified atom stereocenters. The van der Waals surface area contributed by atoms with Gasteiger partial charge < -0.3 is 11.1 Å². The standard InChI is InChI=1S/C10H14N4S/c1-10(2)5-7(10)13-9-6(8(11)15)3-4-12-14-9/h3-4,7H,5H2,1-2H3,(H2,11,15)(H,13,14). The van der Waals surface area contributed by atoms with Gasteiger partial charge in [-0.05, 0) is 17.9 Å². The topological polar surface area (TPSA) is 63.8 Å². The lowest BCUT2D eigenvalue weighted by molar-refractivity contribution is 0.629. The zero-order chi connectivity index (χ0) is 11.1. The molecule has 1 aliphatic rings. The van der Waals surface area contributed by atoms with Crippen LogP contribution < -0.4 is 11.1 Å². The molecule has 0 bridgehead atoms. The lowest BCUT2D eigenvalue weighted by Crippen LogP contribution is -2.17. The van der Waals surface area contributed by atoms with E-state index in [1.165, 1.54) is 0 Å². The lowest BCUT2D eigenvalue weighted by atomic mass is 10.2. The first-order valence-corrected chi connectivity index (χ1v) is 5.29. The number of hydrogen-bond acceptors (Lipinski definition) is 4. The Kier molecular flexibility index (Phi) is 2.34. The summed E-state index contributed by atoms with van der Waals surface area (Å²) in [6.45, 7) is 4.42. The average molecular weight is 222 g/mol. The fraction of sp³-hybridized carbons (Fsp3) is 0.500. The van der Waals surface area contributed by atoms with E-state index in [9.17, 15) is 0 Å². The molecule has 1 fully saturated rings. The minimum absolute atomic E-state index is 0.338. The van der Waals surface area contributed by atoms with Gasteiger partial charge in [-0.15, -0.1) is 5.10 Å². The number of anilines is 1. The quantitative estimate of drug-likeness (QED) is 0.755. The third-order valence-corrected chi connectivity index (χ3v) is 3.03. The molecule has 1 atom stereocenters. The highest BCUT2D eigenvalue weighted by Gasteiger charge is 2.46. The number of hydrogen-bond donors (Lipinski definition) is 2. The van der Waals surface area contributed by atoms with Crippen LogP contribution in [0, 0.1) is 5.41 Å². The Bertz CT molecular complexity index is 402. The van der Waals surface area contributed by atoms with Crippen LogP contribution in [0.2, 0.25) is 0 Å². The summed E-state index contributed by atoms with van der Waals surface area (Å²) < 4.78 is 0. The van der Waals surface area contributed by atoms with Crippen LogP contribution >= 0.6 is 12.2 Å². The van der Waals surface area contributed by atoms with Crippen molar-refractivity contribution in [2.45, 2.75) is 26.3 Å². The van der Waals surface area contributed by atoms with E-state index in [0.717, 1.165) is 12.0 Å². The van der Waals surface area contributed by atoms with Gasteiger partial charge in [-0.2, -0.15) is 5.10 Å². The highest BCUT2D eigenvalue weighted by molar-refractivity contribution is 7.80. The lowest BCUT2D eigenvalue weighted by Gasteiger charge is -2.09. The Morgan fingerprint density at radius 1 is 1.67 bits per heavy atom. The fourth-order valence-corrected chi connectivity index (χ4v) is 1.68. The molecular formula is C10H14N4S. The molecule has 0 saturated heterocycles. The van der Waals surface area contributed by atoms with Crippen molar-refractivity contribution in [1.82, 2.24) is 10.2 Å². The summed E-state index contributed by atoms with van der Waals surface area (Å²) in [5, 5.41) is 11.2. The molecule has 5 heteroatoms. The van der Waals surface area contributed by atoms with Crippen LogP contribution in [0.15, 0.2) is 12.3 Å². The van der Waals surface area contributed by atoms with E-state index in [1.807, 2.05) is 0 Å². The fourth-order valence-electron chi connectivity index (χ4n) is 1.52. The average Bonchev–Trinajstić information content (AvgIpc) is 2.74. The van der Waals surface area contributed by atoms with E-state index in [4.69, 9.17) is 18.0 Å². The van der Waals surface area contributed by atoms with Gasteiger partial charge in [0.2, 0.25) is 0 Å². The number of nitrogens with one attached hydrogen (secondary N) is 1. The van der Waals surface area contributed by atoms with Gasteiger partial charge in [0.05, 0.1) is 11.8 Å². The first-order valence-electron chi connectivity index (χ1n) is 4.89. The largest absolute Gasteiger partial charge is 0.389 e. The number of nitrogens with two attached hydrogens (primary N) is 1. The molecule has 0 radical (unpaired) electrons. The van der Waals surface area contributed by atoms with E-state index < -0.39 is 0 Å². The summed E-state index contributed by atoms with van der Waals surface area (Å²) in [5.41, 5.74) is 6.71. The van der Waals surface area contributed by atoms with Crippen molar-refractivity contribution in [1.29, 1.82) is 0 Å². The minimum Gasteiger partial charge on any atom is -0.389 e. The summed E-state index contributed by atoms with van der Waals surface area (Å²) in [7, 11) is 0. The molecule has 0 aliphatic heterocycles. The highest BCUT2D eigenvalue weighted by Crippen LogP contribution is 2.46. The maximum Gasteiger partial charge on any atom is 0.159 e. The number of nitrogens with zero attached hydrogens (tertiary/aromatic N) is 2. The van der Waals surface area contributed by atoms with Crippen LogP contribution in [-0.4, -0.2) is 21.2 Å². The molecule has 80 valence electrons. The summed E-state index contributed by atoms with van der Waals surface area (Å²) in [4.78, 5) is 0.353. The second kappa shape index (κ2) is 3.41. The van der Waals surface area contributed by atoms with Gasteiger partial charge in [0.1, 0.15) is 4.99 Å².